The summed E-state index contributed by atoms with van der Waals surface area (Å²) >= 11 is 0. The Hall–Kier alpha value is -1.39. The number of nitrogens with zero attached hydrogens (tertiary/aromatic N) is 2. The molecule has 157 valence electrons. The first-order chi connectivity index (χ1) is 12.4. The number of carbonyl (C=O) groups is 2. The van der Waals surface area contributed by atoms with Gasteiger partial charge in [0.25, 0.3) is 0 Å². The van der Waals surface area contributed by atoms with E-state index in [1.165, 1.54) is 19.3 Å². The van der Waals surface area contributed by atoms with E-state index in [2.05, 4.69) is 48.0 Å². The van der Waals surface area contributed by atoms with Gasteiger partial charge in [-0.15, -0.1) is 30.9 Å². The first-order valence-corrected chi connectivity index (χ1v) is 9.05. The molecule has 0 amide bonds. The molecule has 0 aliphatic carbocycles. The maximum absolute atomic E-state index is 9.10. The molecule has 0 aromatic rings. The van der Waals surface area contributed by atoms with Crippen molar-refractivity contribution in [1.29, 1.82) is 0 Å². The van der Waals surface area contributed by atoms with Crippen LogP contribution in [0.15, 0.2) is 23.9 Å². The Balaban J connectivity index is 0.000000842. The Morgan fingerprint density at radius 3 is 2.37 bits per heavy atom. The fraction of sp³-hybridized carbons (Fsp3) is 0.667. The number of rotatable bonds is 7. The molecule has 1 radical (unpaired) electrons. The van der Waals surface area contributed by atoms with E-state index in [0.29, 0.717) is 18.1 Å². The molecule has 27 heavy (non-hydrogen) atoms. The average molecular weight is 425 g/mol. The predicted molar refractivity (Wildman–Crippen MR) is 102 cm³/mol. The van der Waals surface area contributed by atoms with Gasteiger partial charge in [-0.3, -0.25) is 0 Å². The molecule has 2 aliphatic heterocycles. The maximum atomic E-state index is 9.10. The second-order valence-electron chi connectivity index (χ2n) is 6.36. The van der Waals surface area contributed by atoms with Crippen molar-refractivity contribution in [3.05, 3.63) is 34.6 Å². The largest absolute Gasteiger partial charge is 0.683 e. The summed E-state index contributed by atoms with van der Waals surface area (Å²) in [6.07, 6.45) is 10.1. The number of hydrogen-bond donors (Lipinski definition) is 4. The van der Waals surface area contributed by atoms with Crippen LogP contribution in [0, 0.1) is 0 Å². The minimum absolute atomic E-state index is 0. The quantitative estimate of drug-likeness (QED) is 0.364. The van der Waals surface area contributed by atoms with Gasteiger partial charge < -0.3 is 31.5 Å². The van der Waals surface area contributed by atoms with Gasteiger partial charge in [-0.25, -0.2) is 9.59 Å². The molecule has 0 aromatic carbocycles. The molecule has 2 heterocycles. The van der Waals surface area contributed by atoms with Crippen molar-refractivity contribution >= 4 is 11.9 Å². The third-order valence-corrected chi connectivity index (χ3v) is 4.30. The van der Waals surface area contributed by atoms with Crippen LogP contribution in [0.25, 0.3) is 10.6 Å². The summed E-state index contributed by atoms with van der Waals surface area (Å²) in [5, 5.41) is 31.1. The second-order valence-corrected chi connectivity index (χ2v) is 6.36. The van der Waals surface area contributed by atoms with Crippen LogP contribution < -0.4 is 10.6 Å². The van der Waals surface area contributed by atoms with Crippen LogP contribution in [0.2, 0.25) is 0 Å². The van der Waals surface area contributed by atoms with Gasteiger partial charge in [0.2, 0.25) is 0 Å². The van der Waals surface area contributed by atoms with E-state index in [1.54, 1.807) is 0 Å². The summed E-state index contributed by atoms with van der Waals surface area (Å²) in [5.74, 6) is -3.65. The maximum Gasteiger partial charge on any atom is 0.414 e. The molecular weight excluding hydrogens is 395 g/mol. The summed E-state index contributed by atoms with van der Waals surface area (Å²) in [6.45, 7) is 8.25. The van der Waals surface area contributed by atoms with E-state index in [1.807, 2.05) is 0 Å². The number of carboxylic acid groups (broad SMARTS) is 2. The van der Waals surface area contributed by atoms with E-state index in [4.69, 9.17) is 25.1 Å². The molecule has 2 aliphatic rings. The van der Waals surface area contributed by atoms with Gasteiger partial charge in [-0.2, -0.15) is 0 Å². The number of nitrogens with one attached hydrogen (secondary N) is 2. The Kier molecular flexibility index (Phi) is 13.9. The molecule has 0 bridgehead atoms. The zero-order valence-electron chi connectivity index (χ0n) is 15.9. The van der Waals surface area contributed by atoms with E-state index < -0.39 is 11.9 Å². The fourth-order valence-electron chi connectivity index (χ4n) is 2.77. The minimum atomic E-state index is -1.82. The van der Waals surface area contributed by atoms with Crippen molar-refractivity contribution in [2.24, 2.45) is 0 Å². The third-order valence-electron chi connectivity index (χ3n) is 4.30. The number of hydrogen-bond acceptors (Lipinski definition) is 4. The Labute approximate surface area is 171 Å². The number of allylic oxidation sites excluding steroid dienone is 2. The Morgan fingerprint density at radius 2 is 1.85 bits per heavy atom. The zero-order chi connectivity index (χ0) is 19.4. The van der Waals surface area contributed by atoms with Crippen LogP contribution in [0.3, 0.4) is 0 Å². The molecule has 3 atom stereocenters. The standard InChI is InChI=1S/C16H28N4.C2H2O4.Co/c1-13(15-7-3-5-9-19-15)17-11-12-18-14(2)16-8-4-6-10-20-16;3-1(4)2(5)6;/h3,5,7,13-14,16-18H,4,6,8-12H2,1-2H3;(H,3,4)(H,5,6);/q-2;;. The predicted octanol–water partition coefficient (Wildman–Crippen LogP) is 1.85. The monoisotopic (exact) mass is 425 g/mol. The summed E-state index contributed by atoms with van der Waals surface area (Å²) in [5.41, 5.74) is 1.16. The van der Waals surface area contributed by atoms with Gasteiger partial charge in [-0.05, 0) is 13.0 Å². The SMILES string of the molecule is CC(NCCNC(C)C1CCCC[N-]1)C1=CC=CC[N-]1.O=C(O)C(=O)O.[Co]. The normalized spacial score (nSPS) is 20.7. The van der Waals surface area contributed by atoms with Crippen LogP contribution >= 0.6 is 0 Å². The number of piperidine rings is 1. The second kappa shape index (κ2) is 14.6. The van der Waals surface area contributed by atoms with Gasteiger partial charge in [0.15, 0.2) is 0 Å². The van der Waals surface area contributed by atoms with Crippen molar-refractivity contribution in [2.75, 3.05) is 26.2 Å². The first-order valence-electron chi connectivity index (χ1n) is 9.05. The molecule has 0 saturated carbocycles. The van der Waals surface area contributed by atoms with Gasteiger partial charge >= 0.3 is 11.9 Å². The molecule has 1 fully saturated rings. The summed E-state index contributed by atoms with van der Waals surface area (Å²) in [6, 6.07) is 1.34. The molecule has 3 unspecified atom stereocenters. The van der Waals surface area contributed by atoms with E-state index in [0.717, 1.165) is 31.9 Å². The van der Waals surface area contributed by atoms with Crippen molar-refractivity contribution < 1.29 is 36.6 Å². The average Bonchev–Trinajstić information content (AvgIpc) is 2.66. The molecular formula is C18H30CoN4O4-2. The van der Waals surface area contributed by atoms with Gasteiger partial charge in [0.05, 0.1) is 0 Å². The van der Waals surface area contributed by atoms with Gasteiger partial charge in [-0.1, -0.05) is 38.3 Å². The van der Waals surface area contributed by atoms with Crippen LogP contribution in [0.1, 0.15) is 33.1 Å². The number of aliphatic carboxylic acids is 2. The number of carboxylic acids is 2. The van der Waals surface area contributed by atoms with Gasteiger partial charge in [0.1, 0.15) is 0 Å². The third kappa shape index (κ3) is 11.1. The molecule has 1 saturated heterocycles. The van der Waals surface area contributed by atoms with Gasteiger partial charge in [0, 0.05) is 35.9 Å². The van der Waals surface area contributed by atoms with Crippen molar-refractivity contribution in [2.45, 2.75) is 51.2 Å². The first kappa shape index (κ1) is 25.6. The van der Waals surface area contributed by atoms with E-state index >= 15 is 0 Å². The molecule has 0 aromatic heterocycles. The molecule has 2 rings (SSSR count). The van der Waals surface area contributed by atoms with Crippen LogP contribution in [-0.2, 0) is 26.4 Å². The summed E-state index contributed by atoms with van der Waals surface area (Å²) in [7, 11) is 0. The Bertz CT molecular complexity index is 496. The molecule has 0 spiro atoms. The van der Waals surface area contributed by atoms with E-state index in [9.17, 15) is 0 Å². The smallest absolute Gasteiger partial charge is 0.414 e. The zero-order valence-corrected chi connectivity index (χ0v) is 16.9. The van der Waals surface area contributed by atoms with Crippen molar-refractivity contribution in [3.63, 3.8) is 0 Å². The van der Waals surface area contributed by atoms with Crippen LogP contribution in [0.4, 0.5) is 0 Å². The summed E-state index contributed by atoms with van der Waals surface area (Å²) < 4.78 is 0. The molecule has 4 N–H and O–H groups in total. The molecule has 8 nitrogen and oxygen atoms in total. The van der Waals surface area contributed by atoms with Crippen molar-refractivity contribution in [1.82, 2.24) is 10.6 Å². The van der Waals surface area contributed by atoms with Crippen LogP contribution in [-0.4, -0.2) is 66.5 Å². The molecule has 9 heteroatoms. The van der Waals surface area contributed by atoms with Crippen molar-refractivity contribution in [3.8, 4) is 0 Å². The van der Waals surface area contributed by atoms with E-state index in [-0.39, 0.29) is 16.8 Å². The van der Waals surface area contributed by atoms with Crippen LogP contribution in [0.5, 0.6) is 0 Å². The summed E-state index contributed by atoms with van der Waals surface area (Å²) in [4.78, 5) is 18.2. The Morgan fingerprint density at radius 1 is 1.19 bits per heavy atom. The topological polar surface area (TPSA) is 127 Å². The minimum Gasteiger partial charge on any atom is -0.683 e. The fourth-order valence-corrected chi connectivity index (χ4v) is 2.77.